The lowest BCUT2D eigenvalue weighted by molar-refractivity contribution is 0.0577. The molecule has 1 aliphatic carbocycles. The number of aryl methyl sites for hydroxylation is 1. The Balaban J connectivity index is 2.30. The third-order valence-corrected chi connectivity index (χ3v) is 4.08. The SMILES string of the molecule is CCc1oc(C(=O)N(C(C)C)C2CCCC2)cc1C(=O)O. The summed E-state index contributed by atoms with van der Waals surface area (Å²) in [5.74, 6) is -0.739. The Morgan fingerprint density at radius 1 is 1.38 bits per heavy atom. The van der Waals surface area contributed by atoms with Crippen LogP contribution in [0.5, 0.6) is 0 Å². The lowest BCUT2D eigenvalue weighted by atomic mass is 10.1. The summed E-state index contributed by atoms with van der Waals surface area (Å²) >= 11 is 0. The molecule has 5 heteroatoms. The van der Waals surface area contributed by atoms with Crippen molar-refractivity contribution < 1.29 is 19.1 Å². The van der Waals surface area contributed by atoms with E-state index >= 15 is 0 Å². The smallest absolute Gasteiger partial charge is 0.339 e. The Morgan fingerprint density at radius 3 is 2.43 bits per heavy atom. The quantitative estimate of drug-likeness (QED) is 0.904. The van der Waals surface area contributed by atoms with Crippen LogP contribution in [-0.4, -0.2) is 34.0 Å². The molecule has 1 aromatic rings. The van der Waals surface area contributed by atoms with Gasteiger partial charge in [-0.1, -0.05) is 19.8 Å². The number of aromatic carboxylic acids is 1. The Morgan fingerprint density at radius 2 is 2.00 bits per heavy atom. The third-order valence-electron chi connectivity index (χ3n) is 4.08. The number of carboxylic acids is 1. The summed E-state index contributed by atoms with van der Waals surface area (Å²) in [5.41, 5.74) is 0.0935. The lowest BCUT2D eigenvalue weighted by Crippen LogP contribution is -2.43. The molecule has 0 spiro atoms. The van der Waals surface area contributed by atoms with Gasteiger partial charge in [0.25, 0.3) is 5.91 Å². The summed E-state index contributed by atoms with van der Waals surface area (Å²) in [6.07, 6.45) is 4.76. The number of furan rings is 1. The molecule has 0 aromatic carbocycles. The molecule has 5 nitrogen and oxygen atoms in total. The van der Waals surface area contributed by atoms with Crippen LogP contribution in [-0.2, 0) is 6.42 Å². The maximum Gasteiger partial charge on any atom is 0.339 e. The Labute approximate surface area is 124 Å². The number of hydrogen-bond donors (Lipinski definition) is 1. The van der Waals surface area contributed by atoms with Gasteiger partial charge in [0, 0.05) is 24.6 Å². The maximum atomic E-state index is 12.7. The van der Waals surface area contributed by atoms with E-state index in [0.717, 1.165) is 25.7 Å². The van der Waals surface area contributed by atoms with E-state index in [1.165, 1.54) is 6.07 Å². The fraction of sp³-hybridized carbons (Fsp3) is 0.625. The van der Waals surface area contributed by atoms with Gasteiger partial charge in [0.1, 0.15) is 11.3 Å². The minimum Gasteiger partial charge on any atom is -0.478 e. The van der Waals surface area contributed by atoms with Crippen molar-refractivity contribution in [2.24, 2.45) is 0 Å². The predicted molar refractivity (Wildman–Crippen MR) is 78.6 cm³/mol. The van der Waals surface area contributed by atoms with Crippen LogP contribution in [0.3, 0.4) is 0 Å². The summed E-state index contributed by atoms with van der Waals surface area (Å²) in [6, 6.07) is 1.68. The van der Waals surface area contributed by atoms with Crippen LogP contribution < -0.4 is 0 Å². The molecule has 1 heterocycles. The fourth-order valence-corrected chi connectivity index (χ4v) is 3.11. The highest BCUT2D eigenvalue weighted by atomic mass is 16.4. The van der Waals surface area contributed by atoms with E-state index < -0.39 is 5.97 Å². The van der Waals surface area contributed by atoms with Crippen LogP contribution in [0.25, 0.3) is 0 Å². The van der Waals surface area contributed by atoms with E-state index in [-0.39, 0.29) is 29.3 Å². The van der Waals surface area contributed by atoms with Gasteiger partial charge in [-0.15, -0.1) is 0 Å². The number of hydrogen-bond acceptors (Lipinski definition) is 3. The van der Waals surface area contributed by atoms with Crippen molar-refractivity contribution in [3.63, 3.8) is 0 Å². The number of carboxylic acid groups (broad SMARTS) is 1. The summed E-state index contributed by atoms with van der Waals surface area (Å²) in [7, 11) is 0. The van der Waals surface area contributed by atoms with E-state index in [1.807, 2.05) is 25.7 Å². The molecule has 1 aliphatic rings. The molecule has 0 atom stereocenters. The van der Waals surface area contributed by atoms with Crippen molar-refractivity contribution in [2.45, 2.75) is 65.0 Å². The second kappa shape index (κ2) is 6.33. The van der Waals surface area contributed by atoms with Crippen LogP contribution in [0, 0.1) is 0 Å². The van der Waals surface area contributed by atoms with Crippen LogP contribution in [0.2, 0.25) is 0 Å². The number of rotatable bonds is 5. The molecule has 1 N–H and O–H groups in total. The number of nitrogens with zero attached hydrogens (tertiary/aromatic N) is 1. The monoisotopic (exact) mass is 293 g/mol. The average Bonchev–Trinajstić information content (AvgIpc) is 3.07. The maximum absolute atomic E-state index is 12.7. The van der Waals surface area contributed by atoms with Crippen molar-refractivity contribution >= 4 is 11.9 Å². The molecule has 0 radical (unpaired) electrons. The van der Waals surface area contributed by atoms with Gasteiger partial charge >= 0.3 is 5.97 Å². The molecule has 21 heavy (non-hydrogen) atoms. The lowest BCUT2D eigenvalue weighted by Gasteiger charge is -2.32. The van der Waals surface area contributed by atoms with Crippen LogP contribution in [0.15, 0.2) is 10.5 Å². The largest absolute Gasteiger partial charge is 0.478 e. The van der Waals surface area contributed by atoms with Crippen molar-refractivity contribution in [3.05, 3.63) is 23.2 Å². The fourth-order valence-electron chi connectivity index (χ4n) is 3.11. The zero-order valence-electron chi connectivity index (χ0n) is 12.9. The molecule has 1 saturated carbocycles. The minimum atomic E-state index is -1.05. The molecule has 116 valence electrons. The highest BCUT2D eigenvalue weighted by Crippen LogP contribution is 2.28. The molecule has 0 bridgehead atoms. The Bertz CT molecular complexity index is 526. The van der Waals surface area contributed by atoms with Gasteiger partial charge in [-0.05, 0) is 26.7 Å². The van der Waals surface area contributed by atoms with Gasteiger partial charge in [-0.25, -0.2) is 4.79 Å². The third kappa shape index (κ3) is 3.12. The van der Waals surface area contributed by atoms with Crippen LogP contribution in [0.4, 0.5) is 0 Å². The van der Waals surface area contributed by atoms with Gasteiger partial charge in [0.15, 0.2) is 5.76 Å². The van der Waals surface area contributed by atoms with Crippen molar-refractivity contribution in [1.82, 2.24) is 4.90 Å². The molecular weight excluding hydrogens is 270 g/mol. The van der Waals surface area contributed by atoms with Crippen molar-refractivity contribution in [2.75, 3.05) is 0 Å². The first kappa shape index (κ1) is 15.6. The van der Waals surface area contributed by atoms with Crippen LogP contribution >= 0.6 is 0 Å². The number of amides is 1. The second-order valence-corrected chi connectivity index (χ2v) is 5.85. The zero-order valence-corrected chi connectivity index (χ0v) is 12.9. The average molecular weight is 293 g/mol. The molecule has 0 aliphatic heterocycles. The first-order valence-corrected chi connectivity index (χ1v) is 7.64. The normalized spacial score (nSPS) is 15.6. The van der Waals surface area contributed by atoms with Gasteiger partial charge in [0.05, 0.1) is 0 Å². The molecule has 1 aromatic heterocycles. The van der Waals surface area contributed by atoms with E-state index in [2.05, 4.69) is 0 Å². The molecular formula is C16H23NO4. The van der Waals surface area contributed by atoms with E-state index in [9.17, 15) is 9.59 Å². The van der Waals surface area contributed by atoms with E-state index in [1.54, 1.807) is 0 Å². The number of carbonyl (C=O) groups excluding carboxylic acids is 1. The highest BCUT2D eigenvalue weighted by molar-refractivity contribution is 5.96. The standard InChI is InChI=1S/C16H23NO4/c1-4-13-12(16(19)20)9-14(21-13)15(18)17(10(2)3)11-7-5-6-8-11/h9-11H,4-8H2,1-3H3,(H,19,20). The van der Waals surface area contributed by atoms with E-state index in [0.29, 0.717) is 12.2 Å². The van der Waals surface area contributed by atoms with Crippen LogP contribution in [0.1, 0.15) is 73.1 Å². The zero-order chi connectivity index (χ0) is 15.6. The summed E-state index contributed by atoms with van der Waals surface area (Å²) < 4.78 is 5.51. The van der Waals surface area contributed by atoms with Gasteiger partial charge < -0.3 is 14.4 Å². The predicted octanol–water partition coefficient (Wildman–Crippen LogP) is 3.33. The van der Waals surface area contributed by atoms with Gasteiger partial charge in [-0.3, -0.25) is 4.79 Å². The Hall–Kier alpha value is -1.78. The summed E-state index contributed by atoms with van der Waals surface area (Å²) in [6.45, 7) is 5.78. The minimum absolute atomic E-state index is 0.0732. The molecule has 1 amide bonds. The number of carbonyl (C=O) groups is 2. The molecule has 0 unspecified atom stereocenters. The van der Waals surface area contributed by atoms with Crippen molar-refractivity contribution in [3.8, 4) is 0 Å². The summed E-state index contributed by atoms with van der Waals surface area (Å²) in [4.78, 5) is 25.8. The highest BCUT2D eigenvalue weighted by Gasteiger charge is 2.32. The second-order valence-electron chi connectivity index (χ2n) is 5.85. The molecule has 1 fully saturated rings. The molecule has 2 rings (SSSR count). The van der Waals surface area contributed by atoms with Gasteiger partial charge in [-0.2, -0.15) is 0 Å². The molecule has 0 saturated heterocycles. The van der Waals surface area contributed by atoms with E-state index in [4.69, 9.17) is 9.52 Å². The van der Waals surface area contributed by atoms with Gasteiger partial charge in [0.2, 0.25) is 0 Å². The first-order chi connectivity index (χ1) is 9.95. The first-order valence-electron chi connectivity index (χ1n) is 7.64. The summed E-state index contributed by atoms with van der Waals surface area (Å²) in [5, 5.41) is 9.17. The van der Waals surface area contributed by atoms with Crippen molar-refractivity contribution in [1.29, 1.82) is 0 Å². The topological polar surface area (TPSA) is 70.8 Å². The Kier molecular flexibility index (Phi) is 4.70.